The van der Waals surface area contributed by atoms with Gasteiger partial charge in [0, 0.05) is 0 Å². The van der Waals surface area contributed by atoms with Crippen molar-refractivity contribution in [1.82, 2.24) is 15.5 Å². The van der Waals surface area contributed by atoms with Crippen LogP contribution in [-0.2, 0) is 0 Å². The second-order valence-corrected chi connectivity index (χ2v) is 4.63. The summed E-state index contributed by atoms with van der Waals surface area (Å²) in [6.07, 6.45) is 4.20. The molecule has 0 saturated heterocycles. The molecule has 0 aromatic carbocycles. The Labute approximate surface area is 106 Å². The molecule has 0 spiro atoms. The Bertz CT molecular complexity index is 407. The molecule has 1 aromatic heterocycles. The van der Waals surface area contributed by atoms with Gasteiger partial charge in [-0.25, -0.2) is 0 Å². The quantitative estimate of drug-likeness (QED) is 0.663. The predicted octanol–water partition coefficient (Wildman–Crippen LogP) is 0.482. The largest absolute Gasteiger partial charge is 0.391 e. The molecule has 2 rings (SSSR count). The van der Waals surface area contributed by atoms with Gasteiger partial charge in [-0.15, -0.1) is 10.2 Å². The van der Waals surface area contributed by atoms with Crippen LogP contribution in [0, 0.1) is 0 Å². The SMILES string of the molecule is Nc1ccc(C(=O)NC2CCCCCC2O)nn1. The fraction of sp³-hybridized carbons (Fsp3) is 0.583. The molecule has 2 unspecified atom stereocenters. The molecule has 1 amide bonds. The highest BCUT2D eigenvalue weighted by atomic mass is 16.3. The first-order valence-electron chi connectivity index (χ1n) is 6.25. The Morgan fingerprint density at radius 2 is 2.06 bits per heavy atom. The van der Waals surface area contributed by atoms with E-state index in [-0.39, 0.29) is 23.5 Å². The van der Waals surface area contributed by atoms with Gasteiger partial charge in [-0.05, 0) is 25.0 Å². The highest BCUT2D eigenvalue weighted by Crippen LogP contribution is 2.18. The highest BCUT2D eigenvalue weighted by Gasteiger charge is 2.24. The molecule has 4 N–H and O–H groups in total. The molecule has 2 atom stereocenters. The lowest BCUT2D eigenvalue weighted by Crippen LogP contribution is -2.43. The summed E-state index contributed by atoms with van der Waals surface area (Å²) in [5, 5.41) is 20.1. The number of hydrogen-bond acceptors (Lipinski definition) is 5. The number of aromatic nitrogens is 2. The van der Waals surface area contributed by atoms with Gasteiger partial charge in [0.1, 0.15) is 5.82 Å². The molecular formula is C12H18N4O2. The van der Waals surface area contributed by atoms with Gasteiger partial charge in [0.05, 0.1) is 12.1 Å². The van der Waals surface area contributed by atoms with Crippen LogP contribution >= 0.6 is 0 Å². The Balaban J connectivity index is 1.99. The third-order valence-electron chi connectivity index (χ3n) is 3.21. The number of nitrogens with zero attached hydrogens (tertiary/aromatic N) is 2. The van der Waals surface area contributed by atoms with Crippen molar-refractivity contribution < 1.29 is 9.90 Å². The topological polar surface area (TPSA) is 101 Å². The van der Waals surface area contributed by atoms with Crippen molar-refractivity contribution in [2.45, 2.75) is 44.2 Å². The minimum Gasteiger partial charge on any atom is -0.391 e. The third kappa shape index (κ3) is 3.16. The maximum absolute atomic E-state index is 11.9. The predicted molar refractivity (Wildman–Crippen MR) is 66.8 cm³/mol. The number of nitrogens with two attached hydrogens (primary N) is 1. The zero-order valence-corrected chi connectivity index (χ0v) is 10.2. The summed E-state index contributed by atoms with van der Waals surface area (Å²) < 4.78 is 0. The zero-order chi connectivity index (χ0) is 13.0. The molecule has 98 valence electrons. The van der Waals surface area contributed by atoms with Crippen molar-refractivity contribution in [2.75, 3.05) is 5.73 Å². The minimum atomic E-state index is -0.474. The Hall–Kier alpha value is -1.69. The monoisotopic (exact) mass is 250 g/mol. The molecular weight excluding hydrogens is 232 g/mol. The van der Waals surface area contributed by atoms with Crippen molar-refractivity contribution in [3.8, 4) is 0 Å². The van der Waals surface area contributed by atoms with Crippen molar-refractivity contribution in [1.29, 1.82) is 0 Å². The first-order valence-corrected chi connectivity index (χ1v) is 6.25. The number of amides is 1. The van der Waals surface area contributed by atoms with Crippen LogP contribution < -0.4 is 11.1 Å². The molecule has 1 aliphatic rings. The van der Waals surface area contributed by atoms with Gasteiger partial charge in [-0.2, -0.15) is 0 Å². The van der Waals surface area contributed by atoms with Crippen molar-refractivity contribution in [3.63, 3.8) is 0 Å². The van der Waals surface area contributed by atoms with Gasteiger partial charge in [0.25, 0.3) is 5.91 Å². The molecule has 0 aliphatic heterocycles. The minimum absolute atomic E-state index is 0.195. The van der Waals surface area contributed by atoms with Crippen molar-refractivity contribution >= 4 is 11.7 Å². The molecule has 1 aliphatic carbocycles. The molecule has 1 saturated carbocycles. The number of carbonyl (C=O) groups excluding carboxylic acids is 1. The Morgan fingerprint density at radius 1 is 1.28 bits per heavy atom. The maximum Gasteiger partial charge on any atom is 0.272 e. The Kier molecular flexibility index (Phi) is 4.09. The van der Waals surface area contributed by atoms with Crippen LogP contribution in [0.2, 0.25) is 0 Å². The maximum atomic E-state index is 11.9. The van der Waals surface area contributed by atoms with Gasteiger partial charge >= 0.3 is 0 Å². The average Bonchev–Trinajstić information content (AvgIpc) is 2.56. The van der Waals surface area contributed by atoms with Gasteiger partial charge < -0.3 is 16.2 Å². The summed E-state index contributed by atoms with van der Waals surface area (Å²) in [7, 11) is 0. The number of aliphatic hydroxyl groups is 1. The summed E-state index contributed by atoms with van der Waals surface area (Å²) in [6.45, 7) is 0. The fourth-order valence-corrected chi connectivity index (χ4v) is 2.16. The van der Waals surface area contributed by atoms with E-state index in [0.717, 1.165) is 32.1 Å². The molecule has 0 radical (unpaired) electrons. The van der Waals surface area contributed by atoms with Crippen LogP contribution in [0.4, 0.5) is 5.82 Å². The number of nitrogen functional groups attached to an aromatic ring is 1. The highest BCUT2D eigenvalue weighted by molar-refractivity contribution is 5.92. The number of aliphatic hydroxyl groups excluding tert-OH is 1. The number of carbonyl (C=O) groups is 1. The number of anilines is 1. The molecule has 1 aromatic rings. The molecule has 1 heterocycles. The van der Waals surface area contributed by atoms with Crippen LogP contribution in [0.25, 0.3) is 0 Å². The lowest BCUT2D eigenvalue weighted by atomic mass is 10.1. The van der Waals surface area contributed by atoms with E-state index in [9.17, 15) is 9.90 Å². The zero-order valence-electron chi connectivity index (χ0n) is 10.2. The van der Waals surface area contributed by atoms with Crippen LogP contribution in [0.5, 0.6) is 0 Å². The van der Waals surface area contributed by atoms with E-state index in [1.165, 1.54) is 12.1 Å². The molecule has 0 bridgehead atoms. The van der Waals surface area contributed by atoms with Crippen LogP contribution in [-0.4, -0.2) is 33.4 Å². The van der Waals surface area contributed by atoms with Crippen LogP contribution in [0.1, 0.15) is 42.6 Å². The second kappa shape index (κ2) is 5.77. The smallest absolute Gasteiger partial charge is 0.272 e. The van der Waals surface area contributed by atoms with E-state index in [0.29, 0.717) is 0 Å². The summed E-state index contributed by atoms with van der Waals surface area (Å²) in [6, 6.07) is 2.87. The first-order chi connectivity index (χ1) is 8.66. The van der Waals surface area contributed by atoms with E-state index in [4.69, 9.17) is 5.73 Å². The van der Waals surface area contributed by atoms with Crippen LogP contribution in [0.15, 0.2) is 12.1 Å². The summed E-state index contributed by atoms with van der Waals surface area (Å²) in [5.74, 6) is -0.0329. The third-order valence-corrected chi connectivity index (χ3v) is 3.21. The normalized spacial score (nSPS) is 24.3. The van der Waals surface area contributed by atoms with Crippen molar-refractivity contribution in [3.05, 3.63) is 17.8 Å². The van der Waals surface area contributed by atoms with Crippen molar-refractivity contribution in [2.24, 2.45) is 0 Å². The summed E-state index contributed by atoms with van der Waals surface area (Å²) >= 11 is 0. The first kappa shape index (κ1) is 12.8. The van der Waals surface area contributed by atoms with E-state index in [1.807, 2.05) is 0 Å². The summed E-state index contributed by atoms with van der Waals surface area (Å²) in [4.78, 5) is 11.9. The standard InChI is InChI=1S/C12H18N4O2/c13-11-7-6-9(15-16-11)12(18)14-8-4-2-1-3-5-10(8)17/h6-8,10,17H,1-5H2,(H2,13,16)(H,14,18). The fourth-order valence-electron chi connectivity index (χ4n) is 2.16. The molecule has 6 nitrogen and oxygen atoms in total. The van der Waals surface area contributed by atoms with E-state index >= 15 is 0 Å². The Morgan fingerprint density at radius 3 is 2.78 bits per heavy atom. The van der Waals surface area contributed by atoms with Gasteiger partial charge in [0.15, 0.2) is 5.69 Å². The lowest BCUT2D eigenvalue weighted by molar-refractivity contribution is 0.0813. The summed E-state index contributed by atoms with van der Waals surface area (Å²) in [5.41, 5.74) is 5.63. The lowest BCUT2D eigenvalue weighted by Gasteiger charge is -2.21. The number of nitrogens with one attached hydrogen (secondary N) is 1. The van der Waals surface area contributed by atoms with E-state index in [1.54, 1.807) is 0 Å². The van der Waals surface area contributed by atoms with E-state index in [2.05, 4.69) is 15.5 Å². The second-order valence-electron chi connectivity index (χ2n) is 4.63. The number of rotatable bonds is 2. The van der Waals surface area contributed by atoms with Crippen LogP contribution in [0.3, 0.4) is 0 Å². The van der Waals surface area contributed by atoms with Gasteiger partial charge in [-0.1, -0.05) is 19.3 Å². The average molecular weight is 250 g/mol. The molecule has 18 heavy (non-hydrogen) atoms. The molecule has 1 fully saturated rings. The number of hydrogen-bond donors (Lipinski definition) is 3. The van der Waals surface area contributed by atoms with Gasteiger partial charge in [-0.3, -0.25) is 4.79 Å². The van der Waals surface area contributed by atoms with Gasteiger partial charge in [0.2, 0.25) is 0 Å². The molecule has 6 heteroatoms. The van der Waals surface area contributed by atoms with E-state index < -0.39 is 6.10 Å².